The molecule has 0 aliphatic carbocycles. The molecule has 0 heterocycles. The Hall–Kier alpha value is -1.28. The van der Waals surface area contributed by atoms with Crippen molar-refractivity contribution in [2.45, 2.75) is 18.7 Å². The maximum Gasteiger partial charge on any atom is 0.262 e. The second-order valence-corrected chi connectivity index (χ2v) is 7.41. The van der Waals surface area contributed by atoms with E-state index >= 15 is 0 Å². The summed E-state index contributed by atoms with van der Waals surface area (Å²) in [7, 11) is -2.01. The number of methoxy groups -OCH3 is 1. The zero-order valence-corrected chi connectivity index (χ0v) is 14.9. The first-order valence-electron chi connectivity index (χ1n) is 6.28. The van der Waals surface area contributed by atoms with E-state index in [1.165, 1.54) is 0 Å². The normalized spacial score (nSPS) is 11.2. The van der Waals surface area contributed by atoms with E-state index in [1.807, 2.05) is 42.5 Å². The van der Waals surface area contributed by atoms with Crippen molar-refractivity contribution in [1.82, 2.24) is 0 Å². The van der Waals surface area contributed by atoms with Crippen LogP contribution in [0.15, 0.2) is 41.3 Å². The topological polar surface area (TPSA) is 55.4 Å². The molecule has 6 heteroatoms. The largest absolute Gasteiger partial charge is 0.496 e. The minimum Gasteiger partial charge on any atom is -0.496 e. The van der Waals surface area contributed by atoms with Crippen LogP contribution in [-0.2, 0) is 10.0 Å². The predicted octanol–water partition coefficient (Wildman–Crippen LogP) is 3.72. The average Bonchev–Trinajstić information content (AvgIpc) is 2.44. The van der Waals surface area contributed by atoms with Gasteiger partial charge in [0.05, 0.1) is 12.8 Å². The number of ether oxygens (including phenoxy) is 1. The van der Waals surface area contributed by atoms with Crippen LogP contribution in [0.1, 0.15) is 11.1 Å². The molecule has 0 aliphatic rings. The van der Waals surface area contributed by atoms with Gasteiger partial charge >= 0.3 is 0 Å². The fourth-order valence-electron chi connectivity index (χ4n) is 1.99. The van der Waals surface area contributed by atoms with Crippen molar-refractivity contribution in [2.75, 3.05) is 11.8 Å². The molecule has 0 atom stereocenters. The number of hydrogen-bond acceptors (Lipinski definition) is 3. The van der Waals surface area contributed by atoms with Gasteiger partial charge in [0.2, 0.25) is 0 Å². The van der Waals surface area contributed by atoms with E-state index in [4.69, 9.17) is 4.74 Å². The van der Waals surface area contributed by atoms with E-state index in [0.29, 0.717) is 9.26 Å². The first kappa shape index (κ1) is 16.1. The first-order valence-corrected chi connectivity index (χ1v) is 8.84. The van der Waals surface area contributed by atoms with Gasteiger partial charge in [0.15, 0.2) is 0 Å². The Morgan fingerprint density at radius 1 is 1.05 bits per heavy atom. The van der Waals surface area contributed by atoms with Crippen molar-refractivity contribution in [1.29, 1.82) is 0 Å². The van der Waals surface area contributed by atoms with Crippen molar-refractivity contribution in [3.05, 3.63) is 51.1 Å². The van der Waals surface area contributed by atoms with Gasteiger partial charge < -0.3 is 4.74 Å². The molecule has 2 rings (SSSR count). The molecule has 0 bridgehead atoms. The summed E-state index contributed by atoms with van der Waals surface area (Å²) in [5.74, 6) is 0.740. The smallest absolute Gasteiger partial charge is 0.262 e. The van der Waals surface area contributed by atoms with Crippen molar-refractivity contribution in [3.8, 4) is 5.75 Å². The number of sulfonamides is 1. The Morgan fingerprint density at radius 3 is 2.33 bits per heavy atom. The minimum atomic E-state index is -3.60. The van der Waals surface area contributed by atoms with Crippen LogP contribution in [0.5, 0.6) is 5.75 Å². The SMILES string of the molecule is COc1ccc(NS(=O)(=O)c2ccccc2I)c(C)c1C. The number of anilines is 1. The number of rotatable bonds is 4. The van der Waals surface area contributed by atoms with Gasteiger partial charge in [0.1, 0.15) is 10.6 Å². The van der Waals surface area contributed by atoms with Crippen molar-refractivity contribution >= 4 is 38.3 Å². The zero-order valence-electron chi connectivity index (χ0n) is 12.0. The number of nitrogens with one attached hydrogen (secondary N) is 1. The summed E-state index contributed by atoms with van der Waals surface area (Å²) >= 11 is 2.02. The highest BCUT2D eigenvalue weighted by atomic mass is 127. The molecule has 0 spiro atoms. The molecule has 2 aromatic carbocycles. The standard InChI is InChI=1S/C15H16INO3S/c1-10-11(2)14(20-3)9-8-13(10)17-21(18,19)15-7-5-4-6-12(15)16/h4-9,17H,1-3H3. The highest BCUT2D eigenvalue weighted by molar-refractivity contribution is 14.1. The first-order chi connectivity index (χ1) is 9.86. The molecule has 0 aliphatic heterocycles. The third-order valence-corrected chi connectivity index (χ3v) is 6.06. The van der Waals surface area contributed by atoms with Crippen LogP contribution in [0.4, 0.5) is 5.69 Å². The molecular weight excluding hydrogens is 401 g/mol. The highest BCUT2D eigenvalue weighted by Gasteiger charge is 2.19. The van der Waals surface area contributed by atoms with E-state index in [0.717, 1.165) is 16.9 Å². The summed E-state index contributed by atoms with van der Waals surface area (Å²) in [6.07, 6.45) is 0. The van der Waals surface area contributed by atoms with Crippen LogP contribution in [0.25, 0.3) is 0 Å². The van der Waals surface area contributed by atoms with Gasteiger partial charge in [-0.2, -0.15) is 0 Å². The van der Waals surface area contributed by atoms with Gasteiger partial charge in [0, 0.05) is 3.57 Å². The summed E-state index contributed by atoms with van der Waals surface area (Å²) in [5.41, 5.74) is 2.33. The Labute approximate surface area is 138 Å². The van der Waals surface area contributed by atoms with Crippen LogP contribution < -0.4 is 9.46 Å². The zero-order chi connectivity index (χ0) is 15.6. The fraction of sp³-hybridized carbons (Fsp3) is 0.200. The van der Waals surface area contributed by atoms with E-state index in [9.17, 15) is 8.42 Å². The molecule has 0 unspecified atom stereocenters. The lowest BCUT2D eigenvalue weighted by Crippen LogP contribution is -2.15. The average molecular weight is 417 g/mol. The Bertz CT molecular complexity index is 772. The molecular formula is C15H16INO3S. The van der Waals surface area contributed by atoms with Crippen LogP contribution in [-0.4, -0.2) is 15.5 Å². The number of halogens is 1. The van der Waals surface area contributed by atoms with Gasteiger partial charge in [-0.25, -0.2) is 8.42 Å². The van der Waals surface area contributed by atoms with E-state index in [1.54, 1.807) is 37.4 Å². The summed E-state index contributed by atoms with van der Waals surface area (Å²) < 4.78 is 33.6. The van der Waals surface area contributed by atoms with Gasteiger partial charge in [-0.1, -0.05) is 12.1 Å². The maximum absolute atomic E-state index is 12.5. The monoisotopic (exact) mass is 417 g/mol. The number of benzene rings is 2. The quantitative estimate of drug-likeness (QED) is 0.772. The molecule has 0 amide bonds. The Kier molecular flexibility index (Phi) is 4.77. The maximum atomic E-state index is 12.5. The lowest BCUT2D eigenvalue weighted by molar-refractivity contribution is 0.411. The summed E-state index contributed by atoms with van der Waals surface area (Å²) in [6.45, 7) is 3.77. The van der Waals surface area contributed by atoms with Gasteiger partial charge in [-0.3, -0.25) is 4.72 Å². The lowest BCUT2D eigenvalue weighted by atomic mass is 10.1. The van der Waals surface area contributed by atoms with Crippen LogP contribution in [0, 0.1) is 17.4 Å². The molecule has 112 valence electrons. The molecule has 0 saturated heterocycles. The molecule has 0 aromatic heterocycles. The summed E-state index contributed by atoms with van der Waals surface area (Å²) in [4.78, 5) is 0.276. The third kappa shape index (κ3) is 3.32. The Balaban J connectivity index is 2.43. The van der Waals surface area contributed by atoms with Gasteiger partial charge in [-0.15, -0.1) is 0 Å². The van der Waals surface area contributed by atoms with Crippen LogP contribution in [0.3, 0.4) is 0 Å². The van der Waals surface area contributed by atoms with Gasteiger partial charge in [-0.05, 0) is 71.8 Å². The molecule has 0 saturated carbocycles. The summed E-state index contributed by atoms with van der Waals surface area (Å²) in [6, 6.07) is 10.4. The highest BCUT2D eigenvalue weighted by Crippen LogP contribution is 2.29. The van der Waals surface area contributed by atoms with Crippen molar-refractivity contribution in [2.24, 2.45) is 0 Å². The van der Waals surface area contributed by atoms with Crippen molar-refractivity contribution < 1.29 is 13.2 Å². The van der Waals surface area contributed by atoms with Crippen LogP contribution >= 0.6 is 22.6 Å². The van der Waals surface area contributed by atoms with E-state index < -0.39 is 10.0 Å². The van der Waals surface area contributed by atoms with Gasteiger partial charge in [0.25, 0.3) is 10.0 Å². The molecule has 4 nitrogen and oxygen atoms in total. The lowest BCUT2D eigenvalue weighted by Gasteiger charge is -2.15. The second kappa shape index (κ2) is 6.23. The predicted molar refractivity (Wildman–Crippen MR) is 92.4 cm³/mol. The van der Waals surface area contributed by atoms with Crippen LogP contribution in [0.2, 0.25) is 0 Å². The van der Waals surface area contributed by atoms with Crippen molar-refractivity contribution in [3.63, 3.8) is 0 Å². The fourth-order valence-corrected chi connectivity index (χ4v) is 4.45. The molecule has 21 heavy (non-hydrogen) atoms. The van der Waals surface area contributed by atoms with E-state index in [2.05, 4.69) is 4.72 Å². The molecule has 2 aromatic rings. The summed E-state index contributed by atoms with van der Waals surface area (Å²) in [5, 5.41) is 0. The third-order valence-electron chi connectivity index (χ3n) is 3.33. The number of hydrogen-bond donors (Lipinski definition) is 1. The van der Waals surface area contributed by atoms with E-state index in [-0.39, 0.29) is 4.90 Å². The molecule has 1 N–H and O–H groups in total. The molecule has 0 radical (unpaired) electrons. The second-order valence-electron chi connectivity index (χ2n) is 4.60. The minimum absolute atomic E-state index is 0.276. The molecule has 0 fully saturated rings. The Morgan fingerprint density at radius 2 is 1.71 bits per heavy atom.